The summed E-state index contributed by atoms with van der Waals surface area (Å²) in [6, 6.07) is 0. The smallest absolute Gasteiger partial charge is 0.158 e. The number of aromatic nitrogens is 1. The molecule has 0 aliphatic heterocycles. The molecule has 0 amide bonds. The minimum atomic E-state index is 0.600. The molecule has 11 heavy (non-hydrogen) atoms. The van der Waals surface area contributed by atoms with Crippen LogP contribution in [0.3, 0.4) is 0 Å². The largest absolute Gasteiger partial charge is 0.341 e. The summed E-state index contributed by atoms with van der Waals surface area (Å²) >= 11 is 6.78. The Morgan fingerprint density at radius 2 is 2.18 bits per heavy atom. The van der Waals surface area contributed by atoms with Crippen LogP contribution in [0.1, 0.15) is 37.3 Å². The normalized spacial score (nSPS) is 10.9. The van der Waals surface area contributed by atoms with E-state index in [2.05, 4.69) is 25.8 Å². The Morgan fingerprint density at radius 3 is 2.55 bits per heavy atom. The zero-order valence-corrected chi connectivity index (χ0v) is 8.73. The first-order valence-corrected chi connectivity index (χ1v) is 5.09. The number of hydrogen-bond donors (Lipinski definition) is 1. The van der Waals surface area contributed by atoms with E-state index in [1.165, 1.54) is 10.6 Å². The molecule has 0 bridgehead atoms. The average Bonchev–Trinajstić information content (AvgIpc) is 2.30. The molecule has 1 aromatic rings. The lowest BCUT2D eigenvalue weighted by molar-refractivity contribution is 0.856. The predicted octanol–water partition coefficient (Wildman–Crippen LogP) is 3.49. The number of rotatable bonds is 2. The summed E-state index contributed by atoms with van der Waals surface area (Å²) in [5.41, 5.74) is 1.31. The van der Waals surface area contributed by atoms with Crippen molar-refractivity contribution in [3.05, 3.63) is 14.5 Å². The van der Waals surface area contributed by atoms with Crippen molar-refractivity contribution >= 4 is 23.6 Å². The molecule has 0 radical (unpaired) electrons. The maximum Gasteiger partial charge on any atom is 0.158 e. The second-order valence-corrected chi connectivity index (χ2v) is 4.58. The summed E-state index contributed by atoms with van der Waals surface area (Å²) in [6.07, 6.45) is 1.06. The molecular formula is C8H13NS2. The fourth-order valence-electron chi connectivity index (χ4n) is 1.10. The van der Waals surface area contributed by atoms with Gasteiger partial charge in [-0.1, -0.05) is 20.8 Å². The van der Waals surface area contributed by atoms with E-state index in [0.717, 1.165) is 10.4 Å². The van der Waals surface area contributed by atoms with Crippen molar-refractivity contribution in [3.63, 3.8) is 0 Å². The van der Waals surface area contributed by atoms with Gasteiger partial charge in [-0.15, -0.1) is 11.3 Å². The van der Waals surface area contributed by atoms with Crippen LogP contribution in [0.15, 0.2) is 0 Å². The standard InChI is InChI=1S/C8H13NS2/c1-4-6-7(5(2)3)11-8(10)9-6/h5H,4H2,1-3H3,(H,9,10). The zero-order valence-electron chi connectivity index (χ0n) is 7.10. The summed E-state index contributed by atoms with van der Waals surface area (Å²) in [4.78, 5) is 4.62. The molecule has 0 unspecified atom stereocenters. The minimum Gasteiger partial charge on any atom is -0.341 e. The van der Waals surface area contributed by atoms with Gasteiger partial charge in [-0.3, -0.25) is 0 Å². The van der Waals surface area contributed by atoms with Gasteiger partial charge in [-0.05, 0) is 24.6 Å². The SMILES string of the molecule is CCc1[nH]c(=S)sc1C(C)C. The van der Waals surface area contributed by atoms with Crippen molar-refractivity contribution in [2.24, 2.45) is 0 Å². The number of aryl methyl sites for hydroxylation is 1. The second-order valence-electron chi connectivity index (χ2n) is 2.87. The van der Waals surface area contributed by atoms with Crippen LogP contribution < -0.4 is 0 Å². The summed E-state index contributed by atoms with van der Waals surface area (Å²) in [6.45, 7) is 6.56. The Morgan fingerprint density at radius 1 is 1.55 bits per heavy atom. The average molecular weight is 187 g/mol. The molecule has 1 heterocycles. The lowest BCUT2D eigenvalue weighted by Gasteiger charge is -2.02. The van der Waals surface area contributed by atoms with E-state index < -0.39 is 0 Å². The van der Waals surface area contributed by atoms with Crippen molar-refractivity contribution in [3.8, 4) is 0 Å². The van der Waals surface area contributed by atoms with Gasteiger partial charge < -0.3 is 4.98 Å². The quantitative estimate of drug-likeness (QED) is 0.701. The van der Waals surface area contributed by atoms with E-state index in [0.29, 0.717) is 5.92 Å². The molecule has 1 rings (SSSR count). The molecule has 1 N–H and O–H groups in total. The van der Waals surface area contributed by atoms with Gasteiger partial charge in [0.05, 0.1) is 0 Å². The molecule has 0 aliphatic carbocycles. The van der Waals surface area contributed by atoms with Crippen LogP contribution in [0, 0.1) is 3.95 Å². The number of H-pyrrole nitrogens is 1. The van der Waals surface area contributed by atoms with Crippen LogP contribution in [-0.4, -0.2) is 4.98 Å². The Balaban J connectivity index is 3.12. The summed E-state index contributed by atoms with van der Waals surface area (Å²) in [7, 11) is 0. The second kappa shape index (κ2) is 3.50. The molecule has 1 aromatic heterocycles. The monoisotopic (exact) mass is 187 g/mol. The fraction of sp³-hybridized carbons (Fsp3) is 0.625. The van der Waals surface area contributed by atoms with Gasteiger partial charge in [0.15, 0.2) is 3.95 Å². The van der Waals surface area contributed by atoms with E-state index >= 15 is 0 Å². The highest BCUT2D eigenvalue weighted by Crippen LogP contribution is 2.24. The Hall–Kier alpha value is -0.150. The van der Waals surface area contributed by atoms with Crippen LogP contribution >= 0.6 is 23.6 Å². The van der Waals surface area contributed by atoms with E-state index in [1.807, 2.05) is 0 Å². The van der Waals surface area contributed by atoms with Crippen molar-refractivity contribution < 1.29 is 0 Å². The van der Waals surface area contributed by atoms with Crippen LogP contribution in [0.5, 0.6) is 0 Å². The van der Waals surface area contributed by atoms with Gasteiger partial charge in [0.25, 0.3) is 0 Å². The predicted molar refractivity (Wildman–Crippen MR) is 53.0 cm³/mol. The molecule has 62 valence electrons. The number of hydrogen-bond acceptors (Lipinski definition) is 2. The van der Waals surface area contributed by atoms with Gasteiger partial charge in [0.1, 0.15) is 0 Å². The van der Waals surface area contributed by atoms with Gasteiger partial charge in [-0.2, -0.15) is 0 Å². The van der Waals surface area contributed by atoms with Crippen molar-refractivity contribution in [1.29, 1.82) is 0 Å². The number of aromatic amines is 1. The van der Waals surface area contributed by atoms with Gasteiger partial charge in [0, 0.05) is 10.6 Å². The third-order valence-electron chi connectivity index (χ3n) is 1.63. The number of nitrogens with one attached hydrogen (secondary N) is 1. The lowest BCUT2D eigenvalue weighted by Crippen LogP contribution is -1.89. The van der Waals surface area contributed by atoms with Crippen molar-refractivity contribution in [2.75, 3.05) is 0 Å². The van der Waals surface area contributed by atoms with E-state index in [4.69, 9.17) is 12.2 Å². The molecule has 0 aromatic carbocycles. The maximum absolute atomic E-state index is 5.07. The zero-order chi connectivity index (χ0) is 8.43. The van der Waals surface area contributed by atoms with E-state index in [-0.39, 0.29) is 0 Å². The highest BCUT2D eigenvalue weighted by atomic mass is 32.1. The minimum absolute atomic E-state index is 0.600. The van der Waals surface area contributed by atoms with Crippen LogP contribution in [-0.2, 0) is 6.42 Å². The fourth-order valence-corrected chi connectivity index (χ4v) is 2.42. The molecule has 3 heteroatoms. The maximum atomic E-state index is 5.07. The van der Waals surface area contributed by atoms with Crippen molar-refractivity contribution in [1.82, 2.24) is 4.98 Å². The molecule has 0 aliphatic rings. The number of thiazole rings is 1. The van der Waals surface area contributed by atoms with Gasteiger partial charge >= 0.3 is 0 Å². The van der Waals surface area contributed by atoms with E-state index in [1.54, 1.807) is 11.3 Å². The summed E-state index contributed by atoms with van der Waals surface area (Å²) in [5, 5.41) is 0. The molecule has 0 atom stereocenters. The first-order chi connectivity index (χ1) is 5.15. The molecule has 1 nitrogen and oxygen atoms in total. The van der Waals surface area contributed by atoms with E-state index in [9.17, 15) is 0 Å². The highest BCUT2D eigenvalue weighted by Gasteiger charge is 2.07. The third-order valence-corrected chi connectivity index (χ3v) is 3.21. The molecular weight excluding hydrogens is 174 g/mol. The lowest BCUT2D eigenvalue weighted by atomic mass is 10.1. The first kappa shape index (κ1) is 8.94. The Kier molecular flexibility index (Phi) is 2.84. The van der Waals surface area contributed by atoms with Gasteiger partial charge in [0.2, 0.25) is 0 Å². The topological polar surface area (TPSA) is 15.8 Å². The molecule has 0 fully saturated rings. The Bertz CT molecular complexity index is 283. The molecule has 0 saturated heterocycles. The summed E-state index contributed by atoms with van der Waals surface area (Å²) in [5.74, 6) is 0.600. The van der Waals surface area contributed by atoms with Crippen LogP contribution in [0.4, 0.5) is 0 Å². The molecule has 0 spiro atoms. The van der Waals surface area contributed by atoms with Crippen molar-refractivity contribution in [2.45, 2.75) is 33.1 Å². The van der Waals surface area contributed by atoms with Crippen LogP contribution in [0.25, 0.3) is 0 Å². The molecule has 0 saturated carbocycles. The first-order valence-electron chi connectivity index (χ1n) is 3.87. The Labute approximate surface area is 76.5 Å². The highest BCUT2D eigenvalue weighted by molar-refractivity contribution is 7.73. The summed E-state index contributed by atoms with van der Waals surface area (Å²) < 4.78 is 0.908. The third kappa shape index (κ3) is 1.91. The van der Waals surface area contributed by atoms with Crippen LogP contribution in [0.2, 0.25) is 0 Å². The van der Waals surface area contributed by atoms with Gasteiger partial charge in [-0.25, -0.2) is 0 Å².